The molecular weight excluding hydrogens is 343 g/mol. The summed E-state index contributed by atoms with van der Waals surface area (Å²) in [6.07, 6.45) is 0.127. The molecule has 26 heavy (non-hydrogen) atoms. The van der Waals surface area contributed by atoms with Crippen LogP contribution in [-0.4, -0.2) is 18.4 Å². The fraction of sp³-hybridized carbons (Fsp3) is 0.0909. The first-order valence-electron chi connectivity index (χ1n) is 8.43. The summed E-state index contributed by atoms with van der Waals surface area (Å²) in [7, 11) is 0. The minimum atomic E-state index is -3.77. The fourth-order valence-electron chi connectivity index (χ4n) is 3.69. The molecule has 0 aliphatic rings. The molecule has 0 atom stereocenters. The first-order chi connectivity index (χ1) is 12.6. The SMILES string of the molecule is CC(=O)CP(OC=O)(c1ccccc1)(c1ccccc1)c1ccccc1. The average molecular weight is 364 g/mol. The summed E-state index contributed by atoms with van der Waals surface area (Å²) in [4.78, 5) is 24.3. The minimum absolute atomic E-state index is 0.0268. The normalized spacial score (nSPS) is 12.6. The number of carbonyl (C=O) groups excluding carboxylic acids is 2. The van der Waals surface area contributed by atoms with Crippen LogP contribution in [0.25, 0.3) is 0 Å². The number of Topliss-reactive ketones (excluding diaryl/α,β-unsaturated/α-hetero) is 1. The summed E-state index contributed by atoms with van der Waals surface area (Å²) in [5.41, 5.74) is 0. The first-order valence-corrected chi connectivity index (χ1v) is 10.8. The molecule has 0 saturated carbocycles. The van der Waals surface area contributed by atoms with E-state index in [-0.39, 0.29) is 11.9 Å². The molecule has 3 nitrogen and oxygen atoms in total. The van der Waals surface area contributed by atoms with Gasteiger partial charge in [0.15, 0.2) is 0 Å². The number of rotatable bonds is 7. The summed E-state index contributed by atoms with van der Waals surface area (Å²) >= 11 is 0. The molecule has 0 N–H and O–H groups in total. The molecule has 0 amide bonds. The predicted molar refractivity (Wildman–Crippen MR) is 108 cm³/mol. The van der Waals surface area contributed by atoms with Crippen molar-refractivity contribution < 1.29 is 14.1 Å². The van der Waals surface area contributed by atoms with Crippen LogP contribution in [0, 0.1) is 0 Å². The van der Waals surface area contributed by atoms with Gasteiger partial charge in [-0.05, 0) is 0 Å². The number of hydrogen-bond donors (Lipinski definition) is 0. The van der Waals surface area contributed by atoms with Crippen LogP contribution < -0.4 is 15.9 Å². The van der Waals surface area contributed by atoms with Gasteiger partial charge in [-0.1, -0.05) is 0 Å². The van der Waals surface area contributed by atoms with E-state index in [0.717, 1.165) is 15.9 Å². The zero-order valence-electron chi connectivity index (χ0n) is 14.6. The summed E-state index contributed by atoms with van der Waals surface area (Å²) in [6.45, 7) is -1.73. The van der Waals surface area contributed by atoms with E-state index in [4.69, 9.17) is 4.52 Å². The Morgan fingerprint density at radius 3 is 1.38 bits per heavy atom. The van der Waals surface area contributed by atoms with Gasteiger partial charge in [0, 0.05) is 0 Å². The number of benzene rings is 3. The van der Waals surface area contributed by atoms with Gasteiger partial charge in [-0.25, -0.2) is 0 Å². The Kier molecular flexibility index (Phi) is 5.01. The molecular formula is C22H21O3P. The van der Waals surface area contributed by atoms with Crippen molar-refractivity contribution in [1.29, 1.82) is 0 Å². The average Bonchev–Trinajstić information content (AvgIpc) is 2.69. The number of ketones is 1. The molecule has 0 aromatic heterocycles. The van der Waals surface area contributed by atoms with Crippen LogP contribution in [0.15, 0.2) is 91.0 Å². The Labute approximate surface area is 153 Å². The van der Waals surface area contributed by atoms with Crippen molar-refractivity contribution in [3.05, 3.63) is 91.0 Å². The van der Waals surface area contributed by atoms with E-state index in [1.165, 1.54) is 0 Å². The van der Waals surface area contributed by atoms with E-state index in [1.54, 1.807) is 6.92 Å². The maximum absolute atomic E-state index is 12.5. The van der Waals surface area contributed by atoms with Gasteiger partial charge in [0.05, 0.1) is 0 Å². The van der Waals surface area contributed by atoms with Crippen LogP contribution in [-0.2, 0) is 14.1 Å². The predicted octanol–water partition coefficient (Wildman–Crippen LogP) is 3.19. The van der Waals surface area contributed by atoms with E-state index in [1.807, 2.05) is 91.0 Å². The first kappa shape index (κ1) is 18.0. The fourth-order valence-corrected chi connectivity index (χ4v) is 9.02. The van der Waals surface area contributed by atoms with Gasteiger partial charge in [-0.3, -0.25) is 0 Å². The third-order valence-corrected chi connectivity index (χ3v) is 10.5. The van der Waals surface area contributed by atoms with Crippen molar-refractivity contribution in [3.63, 3.8) is 0 Å². The topological polar surface area (TPSA) is 43.4 Å². The van der Waals surface area contributed by atoms with Gasteiger partial charge in [-0.2, -0.15) is 0 Å². The Bertz CT molecular complexity index is 793. The van der Waals surface area contributed by atoms with Gasteiger partial charge >= 0.3 is 153 Å². The van der Waals surface area contributed by atoms with Gasteiger partial charge in [-0.15, -0.1) is 0 Å². The van der Waals surface area contributed by atoms with Crippen LogP contribution in [0.4, 0.5) is 0 Å². The Hall–Kier alpha value is -2.77. The molecule has 0 spiro atoms. The molecule has 0 radical (unpaired) electrons. The van der Waals surface area contributed by atoms with E-state index in [0.29, 0.717) is 6.47 Å². The third-order valence-electron chi connectivity index (χ3n) is 4.71. The molecule has 0 heterocycles. The summed E-state index contributed by atoms with van der Waals surface area (Å²) in [6, 6.07) is 28.9. The Balaban J connectivity index is 2.54. The monoisotopic (exact) mass is 364 g/mol. The zero-order chi connectivity index (χ0) is 18.5. The molecule has 0 saturated heterocycles. The van der Waals surface area contributed by atoms with Crippen LogP contribution in [0.5, 0.6) is 0 Å². The molecule has 3 rings (SSSR count). The second-order valence-electron chi connectivity index (χ2n) is 6.28. The quantitative estimate of drug-likeness (QED) is 0.478. The second kappa shape index (κ2) is 7.23. The molecule has 132 valence electrons. The summed E-state index contributed by atoms with van der Waals surface area (Å²) in [5, 5.41) is 2.58. The molecule has 0 aliphatic carbocycles. The van der Waals surface area contributed by atoms with Gasteiger partial charge < -0.3 is 0 Å². The van der Waals surface area contributed by atoms with Crippen molar-refractivity contribution in [1.82, 2.24) is 0 Å². The third kappa shape index (κ3) is 2.75. The molecule has 0 fully saturated rings. The van der Waals surface area contributed by atoms with E-state index in [9.17, 15) is 9.59 Å². The van der Waals surface area contributed by atoms with Gasteiger partial charge in [0.25, 0.3) is 0 Å². The van der Waals surface area contributed by atoms with Crippen LogP contribution >= 0.6 is 6.83 Å². The number of hydrogen-bond acceptors (Lipinski definition) is 3. The summed E-state index contributed by atoms with van der Waals surface area (Å²) in [5.74, 6) is -0.0268. The van der Waals surface area contributed by atoms with E-state index < -0.39 is 6.83 Å². The Morgan fingerprint density at radius 1 is 0.769 bits per heavy atom. The van der Waals surface area contributed by atoms with Crippen molar-refractivity contribution in [2.75, 3.05) is 6.16 Å². The molecule has 4 heteroatoms. The van der Waals surface area contributed by atoms with E-state index in [2.05, 4.69) is 0 Å². The van der Waals surface area contributed by atoms with Crippen molar-refractivity contribution in [3.8, 4) is 0 Å². The van der Waals surface area contributed by atoms with Crippen molar-refractivity contribution in [2.24, 2.45) is 0 Å². The molecule has 0 aliphatic heterocycles. The molecule has 3 aromatic carbocycles. The zero-order valence-corrected chi connectivity index (χ0v) is 15.5. The molecule has 0 bridgehead atoms. The van der Waals surface area contributed by atoms with E-state index >= 15 is 0 Å². The number of carbonyl (C=O) groups is 2. The van der Waals surface area contributed by atoms with Crippen molar-refractivity contribution in [2.45, 2.75) is 6.92 Å². The van der Waals surface area contributed by atoms with Crippen LogP contribution in [0.1, 0.15) is 6.92 Å². The molecule has 0 unspecified atom stereocenters. The Morgan fingerprint density at radius 2 is 1.12 bits per heavy atom. The van der Waals surface area contributed by atoms with Crippen LogP contribution in [0.3, 0.4) is 0 Å². The van der Waals surface area contributed by atoms with Crippen molar-refractivity contribution >= 4 is 35.0 Å². The second-order valence-corrected chi connectivity index (χ2v) is 10.8. The van der Waals surface area contributed by atoms with Gasteiger partial charge in [0.2, 0.25) is 0 Å². The summed E-state index contributed by atoms with van der Waals surface area (Å²) < 4.78 is 6.12. The molecule has 3 aromatic rings. The maximum atomic E-state index is 12.5. The van der Waals surface area contributed by atoms with Gasteiger partial charge in [0.1, 0.15) is 0 Å². The van der Waals surface area contributed by atoms with Crippen LogP contribution in [0.2, 0.25) is 0 Å². The standard InChI is InChI=1S/C22H21O3P/c1-19(24)17-26(25-18-23,20-11-5-2-6-12-20,21-13-7-3-8-14-21)22-15-9-4-10-16-22/h2-16,18H,17H2,1H3.